The number of ether oxygens (including phenoxy) is 1. The van der Waals surface area contributed by atoms with Crippen molar-refractivity contribution in [3.05, 3.63) is 18.2 Å². The summed E-state index contributed by atoms with van der Waals surface area (Å²) in [4.78, 5) is 4.41. The Labute approximate surface area is 90.6 Å². The van der Waals surface area contributed by atoms with Crippen LogP contribution < -0.4 is 5.32 Å². The lowest BCUT2D eigenvalue weighted by Crippen LogP contribution is -2.33. The highest BCUT2D eigenvalue weighted by Gasteiger charge is 2.26. The predicted molar refractivity (Wildman–Crippen MR) is 58.6 cm³/mol. The van der Waals surface area contributed by atoms with E-state index in [0.717, 1.165) is 25.5 Å². The summed E-state index contributed by atoms with van der Waals surface area (Å²) >= 11 is 0. The average molecular weight is 209 g/mol. The number of rotatable bonds is 3. The second kappa shape index (κ2) is 4.77. The Morgan fingerprint density at radius 1 is 1.67 bits per heavy atom. The van der Waals surface area contributed by atoms with Gasteiger partial charge in [0.25, 0.3) is 0 Å². The summed E-state index contributed by atoms with van der Waals surface area (Å²) < 4.78 is 7.60. The van der Waals surface area contributed by atoms with Crippen LogP contribution in [0.15, 0.2) is 12.4 Å². The van der Waals surface area contributed by atoms with E-state index in [1.54, 1.807) is 0 Å². The lowest BCUT2D eigenvalue weighted by Gasteiger charge is -2.29. The van der Waals surface area contributed by atoms with E-state index >= 15 is 0 Å². The number of nitrogens with zero attached hydrogens (tertiary/aromatic N) is 2. The molecule has 0 bridgehead atoms. The van der Waals surface area contributed by atoms with E-state index in [4.69, 9.17) is 4.74 Å². The van der Waals surface area contributed by atoms with Gasteiger partial charge in [-0.05, 0) is 19.9 Å². The molecule has 1 aromatic rings. The Morgan fingerprint density at radius 2 is 2.53 bits per heavy atom. The Kier molecular flexibility index (Phi) is 3.38. The highest BCUT2D eigenvalue weighted by molar-refractivity contribution is 5.01. The molecule has 4 nitrogen and oxygen atoms in total. The Balaban J connectivity index is 2.12. The minimum Gasteiger partial charge on any atom is -0.381 e. The van der Waals surface area contributed by atoms with Crippen LogP contribution in [0.2, 0.25) is 0 Å². The molecule has 0 radical (unpaired) electrons. The topological polar surface area (TPSA) is 39.1 Å². The first-order valence-corrected chi connectivity index (χ1v) is 5.55. The zero-order chi connectivity index (χ0) is 10.7. The number of nitrogens with one attached hydrogen (secondary N) is 1. The zero-order valence-corrected chi connectivity index (χ0v) is 9.44. The monoisotopic (exact) mass is 209 g/mol. The molecule has 0 aromatic carbocycles. The van der Waals surface area contributed by atoms with Gasteiger partial charge in [0.1, 0.15) is 5.82 Å². The molecule has 0 spiro atoms. The number of hydrogen-bond donors (Lipinski definition) is 1. The molecule has 2 heterocycles. The van der Waals surface area contributed by atoms with E-state index in [1.165, 1.54) is 6.42 Å². The van der Waals surface area contributed by atoms with Crippen LogP contribution in [-0.2, 0) is 11.8 Å². The lowest BCUT2D eigenvalue weighted by atomic mass is 9.93. The summed E-state index contributed by atoms with van der Waals surface area (Å²) in [6.07, 6.45) is 6.22. The van der Waals surface area contributed by atoms with Gasteiger partial charge in [-0.1, -0.05) is 0 Å². The molecule has 4 heteroatoms. The second-order valence-electron chi connectivity index (χ2n) is 4.14. The van der Waals surface area contributed by atoms with Gasteiger partial charge < -0.3 is 14.6 Å². The van der Waals surface area contributed by atoms with Crippen LogP contribution in [0.1, 0.15) is 24.7 Å². The van der Waals surface area contributed by atoms with Crippen molar-refractivity contribution in [3.63, 3.8) is 0 Å². The third-order valence-corrected chi connectivity index (χ3v) is 3.11. The Bertz CT molecular complexity index is 305. The molecule has 2 rings (SSSR count). The summed E-state index contributed by atoms with van der Waals surface area (Å²) in [6, 6.07) is 0.310. The lowest BCUT2D eigenvalue weighted by molar-refractivity contribution is 0.0385. The maximum absolute atomic E-state index is 5.53. The van der Waals surface area contributed by atoms with Gasteiger partial charge in [-0.2, -0.15) is 0 Å². The summed E-state index contributed by atoms with van der Waals surface area (Å²) in [7, 11) is 4.03. The van der Waals surface area contributed by atoms with Crippen molar-refractivity contribution in [2.24, 2.45) is 13.0 Å². The third-order valence-electron chi connectivity index (χ3n) is 3.11. The first-order valence-electron chi connectivity index (χ1n) is 5.55. The fraction of sp³-hybridized carbons (Fsp3) is 0.727. The molecule has 0 aliphatic carbocycles. The quantitative estimate of drug-likeness (QED) is 0.810. The highest BCUT2D eigenvalue weighted by atomic mass is 16.5. The van der Waals surface area contributed by atoms with E-state index in [0.29, 0.717) is 12.0 Å². The van der Waals surface area contributed by atoms with Crippen molar-refractivity contribution >= 4 is 0 Å². The van der Waals surface area contributed by atoms with Crippen molar-refractivity contribution in [2.45, 2.75) is 18.9 Å². The standard InChI is InChI=1S/C11H19N3O/c1-12-10(9-4-3-7-15-8-9)11-13-5-6-14(11)2/h5-6,9-10,12H,3-4,7-8H2,1-2H3. The fourth-order valence-electron chi connectivity index (χ4n) is 2.28. The van der Waals surface area contributed by atoms with Crippen molar-refractivity contribution < 1.29 is 4.74 Å². The van der Waals surface area contributed by atoms with E-state index in [2.05, 4.69) is 14.9 Å². The predicted octanol–water partition coefficient (Wildman–Crippen LogP) is 1.11. The van der Waals surface area contributed by atoms with Gasteiger partial charge in [-0.3, -0.25) is 0 Å². The molecule has 1 N–H and O–H groups in total. The first-order chi connectivity index (χ1) is 7.33. The molecule has 0 amide bonds. The van der Waals surface area contributed by atoms with Crippen LogP contribution in [0.25, 0.3) is 0 Å². The normalized spacial score (nSPS) is 24.0. The van der Waals surface area contributed by atoms with Gasteiger partial charge in [0.15, 0.2) is 0 Å². The van der Waals surface area contributed by atoms with E-state index in [9.17, 15) is 0 Å². The number of aromatic nitrogens is 2. The van der Waals surface area contributed by atoms with Crippen molar-refractivity contribution in [1.29, 1.82) is 0 Å². The van der Waals surface area contributed by atoms with Crippen LogP contribution >= 0.6 is 0 Å². The van der Waals surface area contributed by atoms with Gasteiger partial charge in [0.05, 0.1) is 12.6 Å². The van der Waals surface area contributed by atoms with E-state index in [1.807, 2.05) is 26.5 Å². The molecular formula is C11H19N3O. The minimum absolute atomic E-state index is 0.310. The van der Waals surface area contributed by atoms with E-state index in [-0.39, 0.29) is 0 Å². The molecule has 15 heavy (non-hydrogen) atoms. The van der Waals surface area contributed by atoms with Crippen LogP contribution in [0.3, 0.4) is 0 Å². The van der Waals surface area contributed by atoms with Crippen LogP contribution in [-0.4, -0.2) is 29.8 Å². The van der Waals surface area contributed by atoms with Gasteiger partial charge in [-0.25, -0.2) is 4.98 Å². The fourth-order valence-corrected chi connectivity index (χ4v) is 2.28. The Hall–Kier alpha value is -0.870. The molecular weight excluding hydrogens is 190 g/mol. The molecule has 1 aromatic heterocycles. The molecule has 1 fully saturated rings. The van der Waals surface area contributed by atoms with Gasteiger partial charge in [0.2, 0.25) is 0 Å². The van der Waals surface area contributed by atoms with Gasteiger partial charge in [-0.15, -0.1) is 0 Å². The average Bonchev–Trinajstić information content (AvgIpc) is 2.68. The van der Waals surface area contributed by atoms with Crippen molar-refractivity contribution in [1.82, 2.24) is 14.9 Å². The summed E-state index contributed by atoms with van der Waals surface area (Å²) in [6.45, 7) is 1.76. The van der Waals surface area contributed by atoms with Gasteiger partial charge in [0, 0.05) is 32.0 Å². The van der Waals surface area contributed by atoms with E-state index < -0.39 is 0 Å². The largest absolute Gasteiger partial charge is 0.381 e. The molecule has 1 saturated heterocycles. The maximum atomic E-state index is 5.53. The summed E-state index contributed by atoms with van der Waals surface area (Å²) in [5.41, 5.74) is 0. The third kappa shape index (κ3) is 2.21. The van der Waals surface area contributed by atoms with Crippen LogP contribution in [0.5, 0.6) is 0 Å². The van der Waals surface area contributed by atoms with Crippen LogP contribution in [0, 0.1) is 5.92 Å². The minimum atomic E-state index is 0.310. The molecule has 1 aliphatic rings. The van der Waals surface area contributed by atoms with Crippen molar-refractivity contribution in [2.75, 3.05) is 20.3 Å². The number of imidazole rings is 1. The van der Waals surface area contributed by atoms with Crippen molar-refractivity contribution in [3.8, 4) is 0 Å². The first kappa shape index (κ1) is 10.6. The SMILES string of the molecule is CNC(c1nccn1C)C1CCCOC1. The summed E-state index contributed by atoms with van der Waals surface area (Å²) in [5.74, 6) is 1.65. The molecule has 0 saturated carbocycles. The second-order valence-corrected chi connectivity index (χ2v) is 4.14. The molecule has 1 aliphatic heterocycles. The van der Waals surface area contributed by atoms with Gasteiger partial charge >= 0.3 is 0 Å². The molecule has 2 unspecified atom stereocenters. The van der Waals surface area contributed by atoms with Crippen LogP contribution in [0.4, 0.5) is 0 Å². The number of aryl methyl sites for hydroxylation is 1. The molecule has 2 atom stereocenters. The smallest absolute Gasteiger partial charge is 0.125 e. The Morgan fingerprint density at radius 3 is 3.07 bits per heavy atom. The maximum Gasteiger partial charge on any atom is 0.125 e. The highest BCUT2D eigenvalue weighted by Crippen LogP contribution is 2.27. The summed E-state index contributed by atoms with van der Waals surface area (Å²) in [5, 5.41) is 3.35. The molecule has 84 valence electrons. The number of hydrogen-bond acceptors (Lipinski definition) is 3. The zero-order valence-electron chi connectivity index (χ0n) is 9.44.